The van der Waals surface area contributed by atoms with Gasteiger partial charge in [-0.3, -0.25) is 14.5 Å². The summed E-state index contributed by atoms with van der Waals surface area (Å²) in [5, 5.41) is 0. The van der Waals surface area contributed by atoms with Crippen LogP contribution in [0.1, 0.15) is 19.3 Å². The molecule has 1 aromatic heterocycles. The minimum Gasteiger partial charge on any atom is -0.337 e. The van der Waals surface area contributed by atoms with E-state index in [0.29, 0.717) is 19.4 Å². The van der Waals surface area contributed by atoms with Crippen LogP contribution in [0.15, 0.2) is 18.7 Å². The Morgan fingerprint density at radius 1 is 1.20 bits per heavy atom. The van der Waals surface area contributed by atoms with Crippen molar-refractivity contribution in [2.24, 2.45) is 0 Å². The zero-order valence-electron chi connectivity index (χ0n) is 8.43. The number of aryl methyl sites for hydroxylation is 1. The predicted octanol–water partition coefficient (Wildman–Crippen LogP) is 0.422. The van der Waals surface area contributed by atoms with Gasteiger partial charge in [0.25, 0.3) is 0 Å². The van der Waals surface area contributed by atoms with E-state index in [1.807, 2.05) is 10.8 Å². The maximum atomic E-state index is 11.3. The van der Waals surface area contributed by atoms with Gasteiger partial charge in [0.2, 0.25) is 11.8 Å². The fourth-order valence-corrected chi connectivity index (χ4v) is 1.70. The van der Waals surface area contributed by atoms with E-state index in [-0.39, 0.29) is 11.8 Å². The lowest BCUT2D eigenvalue weighted by atomic mass is 10.4. The van der Waals surface area contributed by atoms with Crippen molar-refractivity contribution >= 4 is 11.8 Å². The molecule has 1 aromatic rings. The third-order valence-corrected chi connectivity index (χ3v) is 2.51. The molecule has 2 heterocycles. The summed E-state index contributed by atoms with van der Waals surface area (Å²) >= 11 is 0. The number of carbonyl (C=O) groups is 2. The standard InChI is InChI=1S/C10H13N3O2/c14-9-2-3-10(15)13(9)6-1-5-12-7-4-11-8-12/h4,7-8H,1-3,5-6H2. The molecule has 2 amide bonds. The topological polar surface area (TPSA) is 55.2 Å². The molecule has 1 saturated heterocycles. The van der Waals surface area contributed by atoms with Crippen LogP contribution < -0.4 is 0 Å². The van der Waals surface area contributed by atoms with E-state index < -0.39 is 0 Å². The molecule has 0 N–H and O–H groups in total. The van der Waals surface area contributed by atoms with Crippen molar-refractivity contribution in [3.05, 3.63) is 18.7 Å². The number of aromatic nitrogens is 2. The van der Waals surface area contributed by atoms with Crippen LogP contribution in [0.2, 0.25) is 0 Å². The predicted molar refractivity (Wildman–Crippen MR) is 52.8 cm³/mol. The van der Waals surface area contributed by atoms with E-state index >= 15 is 0 Å². The smallest absolute Gasteiger partial charge is 0.229 e. The van der Waals surface area contributed by atoms with E-state index in [9.17, 15) is 9.59 Å². The van der Waals surface area contributed by atoms with Crippen LogP contribution in [0.5, 0.6) is 0 Å². The molecule has 0 spiro atoms. The zero-order chi connectivity index (χ0) is 10.7. The van der Waals surface area contributed by atoms with E-state index in [0.717, 1.165) is 13.0 Å². The van der Waals surface area contributed by atoms with Crippen LogP contribution in [0.4, 0.5) is 0 Å². The van der Waals surface area contributed by atoms with Gasteiger partial charge in [-0.05, 0) is 6.42 Å². The second-order valence-electron chi connectivity index (χ2n) is 3.59. The minimum absolute atomic E-state index is 0.0365. The highest BCUT2D eigenvalue weighted by Gasteiger charge is 2.27. The van der Waals surface area contributed by atoms with Gasteiger partial charge in [-0.25, -0.2) is 4.98 Å². The van der Waals surface area contributed by atoms with Crippen LogP contribution in [0, 0.1) is 0 Å². The summed E-state index contributed by atoms with van der Waals surface area (Å²) in [4.78, 5) is 27.8. The van der Waals surface area contributed by atoms with Crippen molar-refractivity contribution in [3.8, 4) is 0 Å². The lowest BCUT2D eigenvalue weighted by Gasteiger charge is -2.13. The molecule has 0 bridgehead atoms. The second kappa shape index (κ2) is 4.25. The van der Waals surface area contributed by atoms with Gasteiger partial charge >= 0.3 is 0 Å². The second-order valence-corrected chi connectivity index (χ2v) is 3.59. The van der Waals surface area contributed by atoms with E-state index in [2.05, 4.69) is 4.98 Å². The summed E-state index contributed by atoms with van der Waals surface area (Å²) in [6.07, 6.45) is 6.86. The van der Waals surface area contributed by atoms with Crippen molar-refractivity contribution in [3.63, 3.8) is 0 Å². The van der Waals surface area contributed by atoms with Gasteiger partial charge in [0.1, 0.15) is 0 Å². The molecule has 5 heteroatoms. The maximum Gasteiger partial charge on any atom is 0.229 e. The molecule has 1 aliphatic rings. The first kappa shape index (κ1) is 9.89. The molecule has 80 valence electrons. The molecule has 0 radical (unpaired) electrons. The number of likely N-dealkylation sites (tertiary alicyclic amines) is 1. The Morgan fingerprint density at radius 2 is 1.93 bits per heavy atom. The van der Waals surface area contributed by atoms with Crippen LogP contribution in [-0.2, 0) is 16.1 Å². The Hall–Kier alpha value is -1.65. The number of imide groups is 1. The van der Waals surface area contributed by atoms with Gasteiger partial charge in [0.05, 0.1) is 6.33 Å². The van der Waals surface area contributed by atoms with Gasteiger partial charge < -0.3 is 4.57 Å². The van der Waals surface area contributed by atoms with Crippen molar-refractivity contribution < 1.29 is 9.59 Å². The Bertz CT molecular complexity index is 343. The Kier molecular flexibility index (Phi) is 2.80. The summed E-state index contributed by atoms with van der Waals surface area (Å²) in [6.45, 7) is 1.31. The molecule has 1 aliphatic heterocycles. The number of imidazole rings is 1. The molecule has 15 heavy (non-hydrogen) atoms. The molecule has 0 aromatic carbocycles. The molecule has 1 fully saturated rings. The molecule has 0 atom stereocenters. The van der Waals surface area contributed by atoms with Crippen LogP contribution >= 0.6 is 0 Å². The summed E-state index contributed by atoms with van der Waals surface area (Å²) in [5.41, 5.74) is 0. The Morgan fingerprint density at radius 3 is 2.53 bits per heavy atom. The van der Waals surface area contributed by atoms with Gasteiger partial charge in [0.15, 0.2) is 0 Å². The highest BCUT2D eigenvalue weighted by Crippen LogP contribution is 2.11. The van der Waals surface area contributed by atoms with Crippen molar-refractivity contribution in [2.45, 2.75) is 25.8 Å². The highest BCUT2D eigenvalue weighted by atomic mass is 16.2. The summed E-state index contributed by atoms with van der Waals surface area (Å²) < 4.78 is 1.94. The van der Waals surface area contributed by atoms with Crippen molar-refractivity contribution in [1.29, 1.82) is 0 Å². The average Bonchev–Trinajstić information content (AvgIpc) is 2.82. The quantitative estimate of drug-likeness (QED) is 0.672. The van der Waals surface area contributed by atoms with Crippen LogP contribution in [-0.4, -0.2) is 32.8 Å². The van der Waals surface area contributed by atoms with Crippen LogP contribution in [0.3, 0.4) is 0 Å². The molecule has 0 aliphatic carbocycles. The normalized spacial score (nSPS) is 16.4. The Balaban J connectivity index is 1.78. The highest BCUT2D eigenvalue weighted by molar-refractivity contribution is 6.01. The number of carbonyl (C=O) groups excluding carboxylic acids is 2. The third kappa shape index (κ3) is 2.23. The lowest BCUT2D eigenvalue weighted by Crippen LogP contribution is -2.30. The van der Waals surface area contributed by atoms with Crippen molar-refractivity contribution in [2.75, 3.05) is 6.54 Å². The average molecular weight is 207 g/mol. The maximum absolute atomic E-state index is 11.3. The molecular weight excluding hydrogens is 194 g/mol. The van der Waals surface area contributed by atoms with Crippen LogP contribution in [0.25, 0.3) is 0 Å². The van der Waals surface area contributed by atoms with Gasteiger partial charge in [-0.15, -0.1) is 0 Å². The SMILES string of the molecule is O=C1CCC(=O)N1CCCn1ccnc1. The first-order chi connectivity index (χ1) is 7.27. The number of hydrogen-bond donors (Lipinski definition) is 0. The first-order valence-corrected chi connectivity index (χ1v) is 5.06. The molecule has 5 nitrogen and oxygen atoms in total. The van der Waals surface area contributed by atoms with E-state index in [1.165, 1.54) is 4.90 Å². The summed E-state index contributed by atoms with van der Waals surface area (Å²) in [7, 11) is 0. The Labute approximate surface area is 87.7 Å². The zero-order valence-corrected chi connectivity index (χ0v) is 8.43. The monoisotopic (exact) mass is 207 g/mol. The molecule has 0 unspecified atom stereocenters. The van der Waals surface area contributed by atoms with E-state index in [4.69, 9.17) is 0 Å². The minimum atomic E-state index is -0.0365. The van der Waals surface area contributed by atoms with Gasteiger partial charge in [-0.1, -0.05) is 0 Å². The first-order valence-electron chi connectivity index (χ1n) is 5.06. The molecule has 2 rings (SSSR count). The lowest BCUT2D eigenvalue weighted by molar-refractivity contribution is -0.138. The molecular formula is C10H13N3O2. The number of amides is 2. The number of rotatable bonds is 4. The number of hydrogen-bond acceptors (Lipinski definition) is 3. The fourth-order valence-electron chi connectivity index (χ4n) is 1.70. The van der Waals surface area contributed by atoms with Gasteiger partial charge in [0, 0.05) is 38.3 Å². The third-order valence-electron chi connectivity index (χ3n) is 2.51. The summed E-state index contributed by atoms with van der Waals surface area (Å²) in [5.74, 6) is -0.0729. The molecule has 0 saturated carbocycles. The van der Waals surface area contributed by atoms with E-state index in [1.54, 1.807) is 12.5 Å². The van der Waals surface area contributed by atoms with Gasteiger partial charge in [-0.2, -0.15) is 0 Å². The largest absolute Gasteiger partial charge is 0.337 e. The van der Waals surface area contributed by atoms with Crippen molar-refractivity contribution in [1.82, 2.24) is 14.5 Å². The summed E-state index contributed by atoms with van der Waals surface area (Å²) in [6, 6.07) is 0. The number of nitrogens with zero attached hydrogens (tertiary/aromatic N) is 3. The fraction of sp³-hybridized carbons (Fsp3) is 0.500.